The van der Waals surface area contributed by atoms with E-state index in [4.69, 9.17) is 21.1 Å². The van der Waals surface area contributed by atoms with Crippen LogP contribution in [0.15, 0.2) is 60.7 Å². The molecule has 1 aliphatic heterocycles. The molecule has 1 N–H and O–H groups in total. The van der Waals surface area contributed by atoms with Crippen molar-refractivity contribution in [2.45, 2.75) is 13.5 Å². The molecule has 1 amide bonds. The van der Waals surface area contributed by atoms with Gasteiger partial charge in [-0.25, -0.2) is 0 Å². The number of nitrogens with one attached hydrogen (secondary N) is 1. The number of carbonyl (C=O) groups is 1. The van der Waals surface area contributed by atoms with Crippen molar-refractivity contribution in [2.75, 3.05) is 11.9 Å². The van der Waals surface area contributed by atoms with Crippen LogP contribution in [0.3, 0.4) is 0 Å². The molecule has 152 valence electrons. The maximum absolute atomic E-state index is 12.4. The van der Waals surface area contributed by atoms with Crippen LogP contribution in [-0.4, -0.2) is 12.5 Å². The van der Waals surface area contributed by atoms with Gasteiger partial charge in [-0.15, -0.1) is 0 Å². The number of para-hydroxylation sites is 1. The summed E-state index contributed by atoms with van der Waals surface area (Å²) in [6.45, 7) is 2.85. The Labute approximate surface area is 194 Å². The lowest BCUT2D eigenvalue weighted by molar-refractivity contribution is -0.110. The molecule has 0 saturated heterocycles. The predicted octanol–water partition coefficient (Wildman–Crippen LogP) is 6.42. The highest BCUT2D eigenvalue weighted by Crippen LogP contribution is 2.38. The van der Waals surface area contributed by atoms with E-state index in [-0.39, 0.29) is 5.91 Å². The maximum Gasteiger partial charge on any atom is 0.256 e. The molecule has 0 radical (unpaired) electrons. The molecule has 0 fully saturated rings. The highest BCUT2D eigenvalue weighted by Gasteiger charge is 2.23. The number of amides is 1. The van der Waals surface area contributed by atoms with Gasteiger partial charge in [-0.1, -0.05) is 41.9 Å². The van der Waals surface area contributed by atoms with Crippen LogP contribution in [0.2, 0.25) is 5.02 Å². The first-order valence-electron chi connectivity index (χ1n) is 9.51. The topological polar surface area (TPSA) is 47.6 Å². The summed E-state index contributed by atoms with van der Waals surface area (Å²) in [5, 5.41) is 3.59. The lowest BCUT2D eigenvalue weighted by Crippen LogP contribution is -2.04. The Bertz CT molecular complexity index is 1130. The third kappa shape index (κ3) is 4.47. The van der Waals surface area contributed by atoms with E-state index in [1.165, 1.54) is 0 Å². The van der Waals surface area contributed by atoms with E-state index in [2.05, 4.69) is 27.9 Å². The van der Waals surface area contributed by atoms with Gasteiger partial charge in [-0.05, 0) is 77.0 Å². The molecule has 0 bridgehead atoms. The van der Waals surface area contributed by atoms with Crippen LogP contribution in [0.25, 0.3) is 11.6 Å². The smallest absolute Gasteiger partial charge is 0.256 e. The van der Waals surface area contributed by atoms with E-state index in [9.17, 15) is 4.79 Å². The highest BCUT2D eigenvalue weighted by atomic mass is 127. The van der Waals surface area contributed by atoms with Crippen LogP contribution in [0.1, 0.15) is 23.6 Å². The lowest BCUT2D eigenvalue weighted by atomic mass is 10.0. The summed E-state index contributed by atoms with van der Waals surface area (Å²) in [4.78, 5) is 12.4. The molecule has 4 rings (SSSR count). The quantitative estimate of drug-likeness (QED) is 0.295. The van der Waals surface area contributed by atoms with Crippen LogP contribution >= 0.6 is 34.2 Å². The number of hydrogen-bond donors (Lipinski definition) is 1. The zero-order chi connectivity index (χ0) is 21.1. The summed E-state index contributed by atoms with van der Waals surface area (Å²) in [7, 11) is 0. The number of ether oxygens (including phenoxy) is 2. The first-order valence-corrected chi connectivity index (χ1v) is 11.0. The predicted molar refractivity (Wildman–Crippen MR) is 129 cm³/mol. The molecule has 0 atom stereocenters. The van der Waals surface area contributed by atoms with Gasteiger partial charge >= 0.3 is 0 Å². The largest absolute Gasteiger partial charge is 0.490 e. The highest BCUT2D eigenvalue weighted by molar-refractivity contribution is 14.1. The standard InChI is InChI=1S/C24H19ClINO3/c1-2-29-22-13-16(11-19-18-5-3-4-6-21(18)27-24(19)28)12-20(26)23(22)30-14-15-7-9-17(25)10-8-15/h3-13H,2,14H2,1H3,(H,27,28)/b19-11-. The molecule has 0 saturated carbocycles. The van der Waals surface area contributed by atoms with E-state index in [1.54, 1.807) is 0 Å². The third-order valence-corrected chi connectivity index (χ3v) is 5.70. The molecule has 0 aromatic heterocycles. The maximum atomic E-state index is 12.4. The lowest BCUT2D eigenvalue weighted by Gasteiger charge is -2.15. The Morgan fingerprint density at radius 1 is 1.07 bits per heavy atom. The monoisotopic (exact) mass is 531 g/mol. The fraction of sp³-hybridized carbons (Fsp3) is 0.125. The summed E-state index contributed by atoms with van der Waals surface area (Å²) >= 11 is 8.19. The van der Waals surface area contributed by atoms with Gasteiger partial charge in [0.1, 0.15) is 6.61 Å². The first kappa shape index (κ1) is 20.8. The summed E-state index contributed by atoms with van der Waals surface area (Å²) in [6.07, 6.45) is 1.88. The number of rotatable bonds is 6. The molecule has 0 unspecified atom stereocenters. The summed E-state index contributed by atoms with van der Waals surface area (Å²) in [5.74, 6) is 1.23. The van der Waals surface area contributed by atoms with Gasteiger partial charge in [0, 0.05) is 21.8 Å². The number of benzene rings is 3. The van der Waals surface area contributed by atoms with Crippen LogP contribution < -0.4 is 14.8 Å². The van der Waals surface area contributed by atoms with Gasteiger partial charge in [-0.2, -0.15) is 0 Å². The van der Waals surface area contributed by atoms with Crippen molar-refractivity contribution in [2.24, 2.45) is 0 Å². The van der Waals surface area contributed by atoms with Crippen LogP contribution in [0.5, 0.6) is 11.5 Å². The Balaban J connectivity index is 1.65. The molecule has 0 spiro atoms. The molecular weight excluding hydrogens is 513 g/mol. The number of fused-ring (bicyclic) bond motifs is 1. The summed E-state index contributed by atoms with van der Waals surface area (Å²) in [6, 6.07) is 19.1. The molecule has 0 aliphatic carbocycles. The second-order valence-corrected chi connectivity index (χ2v) is 8.33. The van der Waals surface area contributed by atoms with Gasteiger partial charge in [-0.3, -0.25) is 4.79 Å². The second kappa shape index (κ2) is 9.10. The fourth-order valence-electron chi connectivity index (χ4n) is 3.26. The average Bonchev–Trinajstić information content (AvgIpc) is 3.04. The van der Waals surface area contributed by atoms with E-state index < -0.39 is 0 Å². The number of anilines is 1. The molecule has 30 heavy (non-hydrogen) atoms. The molecular formula is C24H19ClINO3. The van der Waals surface area contributed by atoms with Crippen molar-refractivity contribution in [3.8, 4) is 11.5 Å². The van der Waals surface area contributed by atoms with Crippen molar-refractivity contribution < 1.29 is 14.3 Å². The normalized spacial score (nSPS) is 13.8. The zero-order valence-corrected chi connectivity index (χ0v) is 19.2. The molecule has 4 nitrogen and oxygen atoms in total. The number of hydrogen-bond acceptors (Lipinski definition) is 3. The van der Waals surface area contributed by atoms with E-state index in [0.29, 0.717) is 35.3 Å². The summed E-state index contributed by atoms with van der Waals surface area (Å²) in [5.41, 5.74) is 4.26. The van der Waals surface area contributed by atoms with Crippen molar-refractivity contribution in [3.63, 3.8) is 0 Å². The van der Waals surface area contributed by atoms with Gasteiger partial charge < -0.3 is 14.8 Å². The van der Waals surface area contributed by atoms with Crippen LogP contribution in [0, 0.1) is 3.57 Å². The van der Waals surface area contributed by atoms with Crippen molar-refractivity contribution in [1.29, 1.82) is 0 Å². The fourth-order valence-corrected chi connectivity index (χ4v) is 4.17. The van der Waals surface area contributed by atoms with Crippen LogP contribution in [0.4, 0.5) is 5.69 Å². The molecule has 3 aromatic rings. The zero-order valence-electron chi connectivity index (χ0n) is 16.2. The third-order valence-electron chi connectivity index (χ3n) is 4.65. The van der Waals surface area contributed by atoms with Gasteiger partial charge in [0.15, 0.2) is 11.5 Å². The van der Waals surface area contributed by atoms with Crippen molar-refractivity contribution in [1.82, 2.24) is 0 Å². The first-order chi connectivity index (χ1) is 14.5. The van der Waals surface area contributed by atoms with Gasteiger partial charge in [0.05, 0.1) is 10.2 Å². The minimum absolute atomic E-state index is 0.104. The molecule has 3 aromatic carbocycles. The Morgan fingerprint density at radius 2 is 1.83 bits per heavy atom. The van der Waals surface area contributed by atoms with Crippen molar-refractivity contribution >= 4 is 57.4 Å². The SMILES string of the molecule is CCOc1cc(/C=C2\C(=O)Nc3ccccc32)cc(I)c1OCc1ccc(Cl)cc1. The summed E-state index contributed by atoms with van der Waals surface area (Å²) < 4.78 is 12.8. The van der Waals surface area contributed by atoms with E-state index in [0.717, 1.165) is 25.9 Å². The van der Waals surface area contributed by atoms with Crippen LogP contribution in [-0.2, 0) is 11.4 Å². The average molecular weight is 532 g/mol. The van der Waals surface area contributed by atoms with E-state index >= 15 is 0 Å². The number of carbonyl (C=O) groups excluding carboxylic acids is 1. The van der Waals surface area contributed by atoms with Crippen molar-refractivity contribution in [3.05, 3.63) is 85.9 Å². The van der Waals surface area contributed by atoms with E-state index in [1.807, 2.05) is 73.7 Å². The minimum Gasteiger partial charge on any atom is -0.490 e. The van der Waals surface area contributed by atoms with Gasteiger partial charge in [0.25, 0.3) is 5.91 Å². The minimum atomic E-state index is -0.104. The van der Waals surface area contributed by atoms with Gasteiger partial charge in [0.2, 0.25) is 0 Å². The number of halogens is 2. The Morgan fingerprint density at radius 3 is 2.60 bits per heavy atom. The second-order valence-electron chi connectivity index (χ2n) is 6.74. The Hall–Kier alpha value is -2.51. The molecule has 1 heterocycles. The Kier molecular flexibility index (Phi) is 6.29. The molecule has 6 heteroatoms. The molecule has 1 aliphatic rings.